The minimum Gasteiger partial charge on any atom is -0.310 e. The lowest BCUT2D eigenvalue weighted by molar-refractivity contribution is 0.628. The van der Waals surface area contributed by atoms with Crippen LogP contribution in [0.2, 0.25) is 0 Å². The largest absolute Gasteiger partial charge is 0.310 e. The summed E-state index contributed by atoms with van der Waals surface area (Å²) >= 11 is 0. The average Bonchev–Trinajstić information content (AvgIpc) is 2.01. The highest BCUT2D eigenvalue weighted by Gasteiger charge is 1.93. The summed E-state index contributed by atoms with van der Waals surface area (Å²) in [6.45, 7) is 8.73. The standard InChI is InChI=1S/C10H18N2/c1-5-6-10(7-11-4)8-12-9(2)3/h5-7,9,12H,1,8H2,2-4H3/b10-6+,11-7?. The maximum atomic E-state index is 3.95. The van der Waals surface area contributed by atoms with E-state index in [4.69, 9.17) is 0 Å². The van der Waals surface area contributed by atoms with E-state index in [1.54, 1.807) is 13.1 Å². The fourth-order valence-electron chi connectivity index (χ4n) is 0.787. The van der Waals surface area contributed by atoms with Gasteiger partial charge in [0.1, 0.15) is 0 Å². The van der Waals surface area contributed by atoms with Crippen molar-refractivity contribution in [2.45, 2.75) is 19.9 Å². The van der Waals surface area contributed by atoms with Gasteiger partial charge in [0.05, 0.1) is 0 Å². The van der Waals surface area contributed by atoms with E-state index in [1.165, 1.54) is 0 Å². The molecule has 0 aromatic heterocycles. The second kappa shape index (κ2) is 6.80. The molecule has 0 aliphatic heterocycles. The molecule has 0 aromatic carbocycles. The van der Waals surface area contributed by atoms with Crippen molar-refractivity contribution in [2.75, 3.05) is 13.6 Å². The van der Waals surface area contributed by atoms with Crippen molar-refractivity contribution in [3.63, 3.8) is 0 Å². The third kappa shape index (κ3) is 5.86. The van der Waals surface area contributed by atoms with Crippen molar-refractivity contribution in [3.05, 3.63) is 24.3 Å². The minimum atomic E-state index is 0.503. The Kier molecular flexibility index (Phi) is 6.29. The monoisotopic (exact) mass is 166 g/mol. The molecule has 0 saturated heterocycles. The van der Waals surface area contributed by atoms with Gasteiger partial charge in [0.15, 0.2) is 0 Å². The Balaban J connectivity index is 3.96. The molecule has 12 heavy (non-hydrogen) atoms. The second-order valence-electron chi connectivity index (χ2n) is 2.90. The van der Waals surface area contributed by atoms with E-state index in [-0.39, 0.29) is 0 Å². The van der Waals surface area contributed by atoms with Crippen molar-refractivity contribution >= 4 is 6.21 Å². The Hall–Kier alpha value is -0.890. The highest BCUT2D eigenvalue weighted by molar-refractivity contribution is 5.79. The molecule has 0 aromatic rings. The molecule has 0 unspecified atom stereocenters. The number of nitrogens with zero attached hydrogens (tertiary/aromatic N) is 1. The lowest BCUT2D eigenvalue weighted by Gasteiger charge is -2.07. The van der Waals surface area contributed by atoms with Crippen molar-refractivity contribution in [2.24, 2.45) is 4.99 Å². The average molecular weight is 166 g/mol. The van der Waals surface area contributed by atoms with Gasteiger partial charge < -0.3 is 5.32 Å². The van der Waals surface area contributed by atoms with Gasteiger partial charge >= 0.3 is 0 Å². The van der Waals surface area contributed by atoms with Gasteiger partial charge in [0, 0.05) is 25.8 Å². The Morgan fingerprint density at radius 1 is 1.58 bits per heavy atom. The van der Waals surface area contributed by atoms with E-state index in [0.29, 0.717) is 6.04 Å². The van der Waals surface area contributed by atoms with Crippen molar-refractivity contribution in [3.8, 4) is 0 Å². The van der Waals surface area contributed by atoms with Crippen LogP contribution in [0.4, 0.5) is 0 Å². The number of allylic oxidation sites excluding steroid dienone is 2. The van der Waals surface area contributed by atoms with Crippen molar-refractivity contribution < 1.29 is 0 Å². The van der Waals surface area contributed by atoms with E-state index in [2.05, 4.69) is 30.7 Å². The van der Waals surface area contributed by atoms with Gasteiger partial charge in [0.25, 0.3) is 0 Å². The molecule has 0 aliphatic carbocycles. The van der Waals surface area contributed by atoms with E-state index < -0.39 is 0 Å². The summed E-state index contributed by atoms with van der Waals surface area (Å²) in [4.78, 5) is 3.95. The van der Waals surface area contributed by atoms with Crippen molar-refractivity contribution in [1.29, 1.82) is 0 Å². The van der Waals surface area contributed by atoms with Gasteiger partial charge in [-0.05, 0) is 5.57 Å². The Labute approximate surface area is 75.1 Å². The predicted molar refractivity (Wildman–Crippen MR) is 55.8 cm³/mol. The summed E-state index contributed by atoms with van der Waals surface area (Å²) < 4.78 is 0. The van der Waals surface area contributed by atoms with Crippen molar-refractivity contribution in [1.82, 2.24) is 5.32 Å². The fourth-order valence-corrected chi connectivity index (χ4v) is 0.787. The zero-order chi connectivity index (χ0) is 9.40. The van der Waals surface area contributed by atoms with E-state index >= 15 is 0 Å². The Morgan fingerprint density at radius 3 is 2.67 bits per heavy atom. The molecule has 0 radical (unpaired) electrons. The van der Waals surface area contributed by atoms with Crippen LogP contribution in [-0.4, -0.2) is 25.8 Å². The third-order valence-corrected chi connectivity index (χ3v) is 1.34. The van der Waals surface area contributed by atoms with Crippen LogP contribution in [0.25, 0.3) is 0 Å². The molecule has 0 atom stereocenters. The quantitative estimate of drug-likeness (QED) is 0.489. The molecule has 0 aliphatic rings. The van der Waals surface area contributed by atoms with Crippen LogP contribution in [0.1, 0.15) is 13.8 Å². The number of rotatable bonds is 5. The number of hydrogen-bond donors (Lipinski definition) is 1. The van der Waals surface area contributed by atoms with Gasteiger partial charge in [-0.3, -0.25) is 4.99 Å². The SMILES string of the molecule is C=C/C=C(\C=NC)CNC(C)C. The molecular weight excluding hydrogens is 148 g/mol. The minimum absolute atomic E-state index is 0.503. The first-order valence-corrected chi connectivity index (χ1v) is 4.17. The summed E-state index contributed by atoms with van der Waals surface area (Å²) in [7, 11) is 1.77. The highest BCUT2D eigenvalue weighted by atomic mass is 14.9. The molecule has 0 heterocycles. The maximum Gasteiger partial charge on any atom is 0.0277 e. The number of hydrogen-bond acceptors (Lipinski definition) is 2. The van der Waals surface area contributed by atoms with Crippen LogP contribution in [0.5, 0.6) is 0 Å². The molecule has 0 spiro atoms. The van der Waals surface area contributed by atoms with Crippen LogP contribution < -0.4 is 5.32 Å². The summed E-state index contributed by atoms with van der Waals surface area (Å²) in [6, 6.07) is 0.503. The molecule has 0 rings (SSSR count). The molecule has 2 nitrogen and oxygen atoms in total. The van der Waals surface area contributed by atoms with Gasteiger partial charge in [-0.25, -0.2) is 0 Å². The molecule has 2 heteroatoms. The summed E-state index contributed by atoms with van der Waals surface area (Å²) in [5.74, 6) is 0. The van der Waals surface area contributed by atoms with Crippen LogP contribution >= 0.6 is 0 Å². The molecule has 68 valence electrons. The van der Waals surface area contributed by atoms with Crippen LogP contribution in [0.15, 0.2) is 29.3 Å². The van der Waals surface area contributed by atoms with Crippen LogP contribution in [0, 0.1) is 0 Å². The zero-order valence-electron chi connectivity index (χ0n) is 8.17. The molecule has 0 amide bonds. The summed E-state index contributed by atoms with van der Waals surface area (Å²) in [5.41, 5.74) is 1.15. The maximum absolute atomic E-state index is 3.95. The lowest BCUT2D eigenvalue weighted by Crippen LogP contribution is -2.25. The molecule has 1 N–H and O–H groups in total. The van der Waals surface area contributed by atoms with E-state index in [0.717, 1.165) is 12.1 Å². The molecule has 0 fully saturated rings. The summed E-state index contributed by atoms with van der Waals surface area (Å²) in [6.07, 6.45) is 5.58. The predicted octanol–water partition coefficient (Wildman–Crippen LogP) is 1.80. The van der Waals surface area contributed by atoms with Gasteiger partial charge in [-0.2, -0.15) is 0 Å². The first kappa shape index (κ1) is 11.1. The summed E-state index contributed by atoms with van der Waals surface area (Å²) in [5, 5.41) is 3.31. The topological polar surface area (TPSA) is 24.4 Å². The van der Waals surface area contributed by atoms with Gasteiger partial charge in [0.2, 0.25) is 0 Å². The molecule has 0 saturated carbocycles. The smallest absolute Gasteiger partial charge is 0.0277 e. The molecular formula is C10H18N2. The van der Waals surface area contributed by atoms with Gasteiger partial charge in [-0.1, -0.05) is 32.6 Å². The normalized spacial score (nSPS) is 12.8. The molecule has 0 bridgehead atoms. The zero-order valence-corrected chi connectivity index (χ0v) is 8.17. The Bertz CT molecular complexity index is 178. The third-order valence-electron chi connectivity index (χ3n) is 1.34. The van der Waals surface area contributed by atoms with E-state index in [1.807, 2.05) is 12.3 Å². The van der Waals surface area contributed by atoms with Gasteiger partial charge in [-0.15, -0.1) is 0 Å². The first-order valence-electron chi connectivity index (χ1n) is 4.17. The van der Waals surface area contributed by atoms with Crippen LogP contribution in [0.3, 0.4) is 0 Å². The number of nitrogens with one attached hydrogen (secondary N) is 1. The second-order valence-corrected chi connectivity index (χ2v) is 2.90. The fraction of sp³-hybridized carbons (Fsp3) is 0.500. The van der Waals surface area contributed by atoms with E-state index in [9.17, 15) is 0 Å². The number of aliphatic imine (C=N–C) groups is 1. The Morgan fingerprint density at radius 2 is 2.25 bits per heavy atom. The van der Waals surface area contributed by atoms with Crippen LogP contribution in [-0.2, 0) is 0 Å². The highest BCUT2D eigenvalue weighted by Crippen LogP contribution is 1.90. The first-order chi connectivity index (χ1) is 5.70. The lowest BCUT2D eigenvalue weighted by atomic mass is 10.2.